The summed E-state index contributed by atoms with van der Waals surface area (Å²) in [5.74, 6) is 0.287. The molecule has 0 fully saturated rings. The zero-order valence-corrected chi connectivity index (χ0v) is 11.7. The molecular weight excluding hydrogens is 260 g/mol. The topological polar surface area (TPSA) is 76.7 Å². The van der Waals surface area contributed by atoms with E-state index in [0.717, 1.165) is 0 Å². The first kappa shape index (κ1) is 14.2. The van der Waals surface area contributed by atoms with E-state index < -0.39 is 17.9 Å². The third-order valence-electron chi connectivity index (χ3n) is 2.48. The third kappa shape index (κ3) is 3.88. The van der Waals surface area contributed by atoms with E-state index in [9.17, 15) is 9.59 Å². The highest BCUT2D eigenvalue weighted by molar-refractivity contribution is 5.93. The quantitative estimate of drug-likeness (QED) is 0.826. The molecule has 2 rings (SSSR count). The van der Waals surface area contributed by atoms with Crippen molar-refractivity contribution in [3.63, 3.8) is 0 Å². The third-order valence-corrected chi connectivity index (χ3v) is 2.48. The van der Waals surface area contributed by atoms with E-state index in [0.29, 0.717) is 11.4 Å². The van der Waals surface area contributed by atoms with E-state index in [1.54, 1.807) is 45.0 Å². The van der Waals surface area contributed by atoms with Gasteiger partial charge >= 0.3 is 6.09 Å². The van der Waals surface area contributed by atoms with Gasteiger partial charge in [0.15, 0.2) is 6.23 Å². The fourth-order valence-electron chi connectivity index (χ4n) is 1.76. The number of benzene rings is 1. The lowest BCUT2D eigenvalue weighted by atomic mass is 10.2. The molecule has 0 saturated heterocycles. The van der Waals surface area contributed by atoms with Crippen LogP contribution in [0.15, 0.2) is 24.3 Å². The zero-order valence-electron chi connectivity index (χ0n) is 11.7. The second-order valence-electron chi connectivity index (χ2n) is 5.50. The SMILES string of the molecule is CC(C)(C)OC(=O)N[C@@H]1CC(=O)Nc2ccccc2O1. The van der Waals surface area contributed by atoms with Gasteiger partial charge in [0.25, 0.3) is 0 Å². The van der Waals surface area contributed by atoms with Crippen LogP contribution in [0.2, 0.25) is 0 Å². The number of anilines is 1. The molecule has 0 aromatic heterocycles. The molecule has 2 amide bonds. The van der Waals surface area contributed by atoms with Crippen LogP contribution in [-0.4, -0.2) is 23.8 Å². The number of para-hydroxylation sites is 2. The maximum Gasteiger partial charge on any atom is 0.410 e. The average Bonchev–Trinajstić information content (AvgIpc) is 2.43. The summed E-state index contributed by atoms with van der Waals surface area (Å²) < 4.78 is 10.8. The van der Waals surface area contributed by atoms with Gasteiger partial charge in [0, 0.05) is 0 Å². The number of fused-ring (bicyclic) bond motifs is 1. The van der Waals surface area contributed by atoms with E-state index in [4.69, 9.17) is 9.47 Å². The highest BCUT2D eigenvalue weighted by Crippen LogP contribution is 2.27. The van der Waals surface area contributed by atoms with Gasteiger partial charge in [-0.2, -0.15) is 0 Å². The van der Waals surface area contributed by atoms with Crippen LogP contribution in [0.25, 0.3) is 0 Å². The first-order chi connectivity index (χ1) is 9.33. The number of amides is 2. The van der Waals surface area contributed by atoms with Gasteiger partial charge in [0.1, 0.15) is 11.4 Å². The maximum absolute atomic E-state index is 11.7. The minimum absolute atomic E-state index is 0.0217. The van der Waals surface area contributed by atoms with Crippen LogP contribution in [0.5, 0.6) is 5.75 Å². The molecular formula is C14H18N2O4. The standard InChI is InChI=1S/C14H18N2O4/c1-14(2,3)20-13(18)16-12-8-11(17)15-9-6-4-5-7-10(9)19-12/h4-7,12H,8H2,1-3H3,(H,15,17)(H,16,18)/t12-/m0/s1. The Morgan fingerprint density at radius 1 is 1.40 bits per heavy atom. The van der Waals surface area contributed by atoms with E-state index in [2.05, 4.69) is 10.6 Å². The smallest absolute Gasteiger partial charge is 0.410 e. The molecule has 0 saturated carbocycles. The highest BCUT2D eigenvalue weighted by Gasteiger charge is 2.25. The lowest BCUT2D eigenvalue weighted by molar-refractivity contribution is -0.117. The molecule has 1 atom stereocenters. The predicted octanol–water partition coefficient (Wildman–Crippen LogP) is 2.26. The molecule has 1 aliphatic rings. The molecule has 0 bridgehead atoms. The summed E-state index contributed by atoms with van der Waals surface area (Å²) in [6.45, 7) is 5.30. The van der Waals surface area contributed by atoms with E-state index >= 15 is 0 Å². The summed E-state index contributed by atoms with van der Waals surface area (Å²) in [5, 5.41) is 5.26. The molecule has 6 heteroatoms. The molecule has 20 heavy (non-hydrogen) atoms. The number of carbonyl (C=O) groups excluding carboxylic acids is 2. The summed E-state index contributed by atoms with van der Waals surface area (Å²) in [4.78, 5) is 23.5. The van der Waals surface area contributed by atoms with Gasteiger partial charge in [0.05, 0.1) is 12.1 Å². The summed E-state index contributed by atoms with van der Waals surface area (Å²) in [5.41, 5.74) is -0.0133. The van der Waals surface area contributed by atoms with Crippen molar-refractivity contribution in [3.05, 3.63) is 24.3 Å². The van der Waals surface area contributed by atoms with Crippen molar-refractivity contribution in [3.8, 4) is 5.75 Å². The minimum atomic E-state index is -0.756. The van der Waals surface area contributed by atoms with Gasteiger partial charge in [-0.05, 0) is 32.9 Å². The van der Waals surface area contributed by atoms with Crippen molar-refractivity contribution in [1.82, 2.24) is 5.32 Å². The maximum atomic E-state index is 11.7. The summed E-state index contributed by atoms with van der Waals surface area (Å²) >= 11 is 0. The van der Waals surface area contributed by atoms with Crippen molar-refractivity contribution in [1.29, 1.82) is 0 Å². The molecule has 1 aliphatic heterocycles. The fourth-order valence-corrected chi connectivity index (χ4v) is 1.76. The normalized spacial score (nSPS) is 18.1. The van der Waals surface area contributed by atoms with Gasteiger partial charge in [0.2, 0.25) is 5.91 Å². The van der Waals surface area contributed by atoms with Crippen molar-refractivity contribution in [2.75, 3.05) is 5.32 Å². The number of rotatable bonds is 1. The number of ether oxygens (including phenoxy) is 2. The summed E-state index contributed by atoms with van der Waals surface area (Å²) in [7, 11) is 0. The molecule has 6 nitrogen and oxygen atoms in total. The second-order valence-corrected chi connectivity index (χ2v) is 5.50. The van der Waals surface area contributed by atoms with Crippen LogP contribution in [0.4, 0.5) is 10.5 Å². The predicted molar refractivity (Wildman–Crippen MR) is 73.5 cm³/mol. The van der Waals surface area contributed by atoms with Crippen molar-refractivity contribution < 1.29 is 19.1 Å². The lowest BCUT2D eigenvalue weighted by Gasteiger charge is -2.23. The first-order valence-corrected chi connectivity index (χ1v) is 6.38. The average molecular weight is 278 g/mol. The zero-order chi connectivity index (χ0) is 14.8. The largest absolute Gasteiger partial charge is 0.468 e. The Kier molecular flexibility index (Phi) is 3.83. The van der Waals surface area contributed by atoms with Crippen LogP contribution in [0, 0.1) is 0 Å². The van der Waals surface area contributed by atoms with Crippen LogP contribution in [0.3, 0.4) is 0 Å². The number of hydrogen-bond donors (Lipinski definition) is 2. The van der Waals surface area contributed by atoms with Crippen LogP contribution in [-0.2, 0) is 9.53 Å². The summed E-state index contributed by atoms with van der Waals surface area (Å²) in [6.07, 6.45) is -1.35. The van der Waals surface area contributed by atoms with E-state index in [-0.39, 0.29) is 12.3 Å². The highest BCUT2D eigenvalue weighted by atomic mass is 16.6. The van der Waals surface area contributed by atoms with Crippen molar-refractivity contribution >= 4 is 17.7 Å². The summed E-state index contributed by atoms with van der Waals surface area (Å²) in [6, 6.07) is 7.05. The molecule has 0 aliphatic carbocycles. The van der Waals surface area contributed by atoms with Crippen molar-refractivity contribution in [2.45, 2.75) is 39.0 Å². The Morgan fingerprint density at radius 2 is 2.10 bits per heavy atom. The Bertz CT molecular complexity index is 522. The van der Waals surface area contributed by atoms with Crippen molar-refractivity contribution in [2.24, 2.45) is 0 Å². The van der Waals surface area contributed by atoms with Gasteiger partial charge < -0.3 is 14.8 Å². The molecule has 0 radical (unpaired) electrons. The van der Waals surface area contributed by atoms with Gasteiger partial charge in [-0.15, -0.1) is 0 Å². The molecule has 0 spiro atoms. The first-order valence-electron chi connectivity index (χ1n) is 6.38. The Morgan fingerprint density at radius 3 is 2.80 bits per heavy atom. The Labute approximate surface area is 117 Å². The lowest BCUT2D eigenvalue weighted by Crippen LogP contribution is -2.43. The molecule has 1 heterocycles. The number of carbonyl (C=O) groups is 2. The molecule has 1 aromatic rings. The second kappa shape index (κ2) is 5.40. The van der Waals surface area contributed by atoms with Crippen LogP contribution < -0.4 is 15.4 Å². The minimum Gasteiger partial charge on any atom is -0.468 e. The number of nitrogens with one attached hydrogen (secondary N) is 2. The number of hydrogen-bond acceptors (Lipinski definition) is 4. The van der Waals surface area contributed by atoms with Crippen LogP contribution >= 0.6 is 0 Å². The molecule has 0 unspecified atom stereocenters. The van der Waals surface area contributed by atoms with Gasteiger partial charge in [-0.3, -0.25) is 10.1 Å². The van der Waals surface area contributed by atoms with E-state index in [1.165, 1.54) is 0 Å². The molecule has 1 aromatic carbocycles. The van der Waals surface area contributed by atoms with Gasteiger partial charge in [-0.25, -0.2) is 4.79 Å². The Balaban J connectivity index is 2.06. The molecule has 2 N–H and O–H groups in total. The monoisotopic (exact) mass is 278 g/mol. The van der Waals surface area contributed by atoms with E-state index in [1.807, 2.05) is 0 Å². The molecule has 108 valence electrons. The number of alkyl carbamates (subject to hydrolysis) is 1. The Hall–Kier alpha value is -2.24. The fraction of sp³-hybridized carbons (Fsp3) is 0.429. The van der Waals surface area contributed by atoms with Gasteiger partial charge in [-0.1, -0.05) is 12.1 Å². The van der Waals surface area contributed by atoms with Crippen LogP contribution in [0.1, 0.15) is 27.2 Å².